The maximum atomic E-state index is 13.8. The minimum atomic E-state index is -0.523. The lowest BCUT2D eigenvalue weighted by Gasteiger charge is -2.08. The van der Waals surface area contributed by atoms with Crippen LogP contribution in [0.4, 0.5) is 20.2 Å². The number of halogens is 4. The molecule has 2 N–H and O–H groups in total. The molecule has 0 aliphatic rings. The lowest BCUT2D eigenvalue weighted by atomic mass is 10.2. The molecule has 39 heavy (non-hydrogen) atoms. The molecule has 0 aliphatic carbocycles. The summed E-state index contributed by atoms with van der Waals surface area (Å²) in [5.74, 6) is -0.915. The number of hydrogen-bond donors (Lipinski definition) is 2. The van der Waals surface area contributed by atoms with Crippen LogP contribution in [0.1, 0.15) is 11.1 Å². The first-order valence-electron chi connectivity index (χ1n) is 11.5. The Bertz CT molecular complexity index is 1400. The molecule has 4 aromatic rings. The standard InChI is InChI=1S/C30H20Cl2F2N2O3/c31-25-3-1-5-27(33)23(25)15-17-29(37)35-19-7-11-21(12-8-19)39-22-13-9-20(10-14-22)36-30(38)18-16-24-26(32)4-2-6-28(24)34/h1-18H,(H,35,37)(H,36,38)/b17-15+,18-16+. The summed E-state index contributed by atoms with van der Waals surface area (Å²) in [6.45, 7) is 0. The van der Waals surface area contributed by atoms with Crippen molar-refractivity contribution in [2.45, 2.75) is 0 Å². The van der Waals surface area contributed by atoms with Crippen molar-refractivity contribution in [3.05, 3.63) is 130 Å². The summed E-state index contributed by atoms with van der Waals surface area (Å²) in [6.07, 6.45) is 5.01. The molecular weight excluding hydrogens is 545 g/mol. The molecule has 0 fully saturated rings. The van der Waals surface area contributed by atoms with Crippen LogP contribution in [0, 0.1) is 11.6 Å². The summed E-state index contributed by atoms with van der Waals surface area (Å²) < 4.78 is 33.4. The Labute approximate surface area is 233 Å². The van der Waals surface area contributed by atoms with Crippen molar-refractivity contribution in [1.82, 2.24) is 0 Å². The van der Waals surface area contributed by atoms with Crippen molar-refractivity contribution in [2.75, 3.05) is 10.6 Å². The van der Waals surface area contributed by atoms with E-state index in [0.717, 1.165) is 0 Å². The number of carbonyl (C=O) groups is 2. The lowest BCUT2D eigenvalue weighted by Crippen LogP contribution is -2.07. The van der Waals surface area contributed by atoms with E-state index in [-0.39, 0.29) is 21.2 Å². The fourth-order valence-corrected chi connectivity index (χ4v) is 3.83. The Morgan fingerprint density at radius 1 is 0.615 bits per heavy atom. The van der Waals surface area contributed by atoms with Crippen molar-refractivity contribution >= 4 is 58.5 Å². The maximum Gasteiger partial charge on any atom is 0.248 e. The Kier molecular flexibility index (Phi) is 9.10. The monoisotopic (exact) mass is 564 g/mol. The van der Waals surface area contributed by atoms with Crippen LogP contribution in [0.25, 0.3) is 12.2 Å². The first-order valence-corrected chi connectivity index (χ1v) is 12.3. The third-order valence-electron chi connectivity index (χ3n) is 5.28. The molecule has 0 unspecified atom stereocenters. The van der Waals surface area contributed by atoms with E-state index in [9.17, 15) is 18.4 Å². The van der Waals surface area contributed by atoms with Gasteiger partial charge in [-0.25, -0.2) is 8.78 Å². The molecule has 0 spiro atoms. The molecule has 4 aromatic carbocycles. The average Bonchev–Trinajstić information content (AvgIpc) is 2.90. The van der Waals surface area contributed by atoms with Crippen molar-refractivity contribution in [1.29, 1.82) is 0 Å². The second-order valence-electron chi connectivity index (χ2n) is 8.07. The van der Waals surface area contributed by atoms with Crippen molar-refractivity contribution in [3.8, 4) is 11.5 Å². The van der Waals surface area contributed by atoms with Gasteiger partial charge in [-0.2, -0.15) is 0 Å². The molecule has 0 aromatic heterocycles. The van der Waals surface area contributed by atoms with E-state index in [2.05, 4.69) is 10.6 Å². The molecule has 9 heteroatoms. The highest BCUT2D eigenvalue weighted by Crippen LogP contribution is 2.25. The summed E-state index contributed by atoms with van der Waals surface area (Å²) in [5.41, 5.74) is 1.29. The predicted octanol–water partition coefficient (Wildman–Crippen LogP) is 8.37. The predicted molar refractivity (Wildman–Crippen MR) is 151 cm³/mol. The molecule has 0 atom stereocenters. The zero-order chi connectivity index (χ0) is 27.8. The number of amides is 2. The first-order chi connectivity index (χ1) is 18.8. The van der Waals surface area contributed by atoms with Crippen LogP contribution in [0.3, 0.4) is 0 Å². The molecule has 4 rings (SSSR count). The lowest BCUT2D eigenvalue weighted by molar-refractivity contribution is -0.112. The van der Waals surface area contributed by atoms with Crippen LogP contribution in [-0.4, -0.2) is 11.8 Å². The second kappa shape index (κ2) is 12.9. The number of rotatable bonds is 8. The number of hydrogen-bond acceptors (Lipinski definition) is 3. The molecule has 0 aliphatic heterocycles. The van der Waals surface area contributed by atoms with Crippen molar-refractivity contribution in [3.63, 3.8) is 0 Å². The normalized spacial score (nSPS) is 11.1. The second-order valence-corrected chi connectivity index (χ2v) is 8.88. The van der Waals surface area contributed by atoms with Gasteiger partial charge in [0.15, 0.2) is 0 Å². The van der Waals surface area contributed by atoms with Crippen LogP contribution < -0.4 is 15.4 Å². The summed E-state index contributed by atoms with van der Waals surface area (Å²) in [4.78, 5) is 24.4. The van der Waals surface area contributed by atoms with Crippen LogP contribution in [-0.2, 0) is 9.59 Å². The number of benzene rings is 4. The van der Waals surface area contributed by atoms with Gasteiger partial charge in [0.25, 0.3) is 0 Å². The summed E-state index contributed by atoms with van der Waals surface area (Å²) in [6, 6.07) is 21.8. The van der Waals surface area contributed by atoms with E-state index in [1.807, 2.05) is 0 Å². The van der Waals surface area contributed by atoms with Gasteiger partial charge >= 0.3 is 0 Å². The molecule has 0 saturated carbocycles. The SMILES string of the molecule is O=C(/C=C/c1c(F)cccc1Cl)Nc1ccc(Oc2ccc(NC(=O)/C=C/c3c(F)cccc3Cl)cc2)cc1. The smallest absolute Gasteiger partial charge is 0.248 e. The molecule has 196 valence electrons. The maximum absolute atomic E-state index is 13.8. The zero-order valence-electron chi connectivity index (χ0n) is 20.1. The highest BCUT2D eigenvalue weighted by atomic mass is 35.5. The molecule has 5 nitrogen and oxygen atoms in total. The molecule has 0 radical (unpaired) electrons. The van der Waals surface area contributed by atoms with Crippen LogP contribution in [0.5, 0.6) is 11.5 Å². The topological polar surface area (TPSA) is 67.4 Å². The van der Waals surface area contributed by atoms with Gasteiger partial charge in [-0.1, -0.05) is 35.3 Å². The number of ether oxygens (including phenoxy) is 1. The third-order valence-corrected chi connectivity index (χ3v) is 5.94. The Morgan fingerprint density at radius 3 is 1.36 bits per heavy atom. The van der Waals surface area contributed by atoms with Crippen LogP contribution in [0.2, 0.25) is 10.0 Å². The number of nitrogens with one attached hydrogen (secondary N) is 2. The molecule has 0 saturated heterocycles. The number of anilines is 2. The first kappa shape index (κ1) is 27.6. The highest BCUT2D eigenvalue weighted by Gasteiger charge is 2.07. The van der Waals surface area contributed by atoms with Gasteiger partial charge in [0.2, 0.25) is 11.8 Å². The summed E-state index contributed by atoms with van der Waals surface area (Å²) >= 11 is 11.9. The quantitative estimate of drug-likeness (QED) is 0.211. The largest absolute Gasteiger partial charge is 0.457 e. The average molecular weight is 565 g/mol. The van der Waals surface area contributed by atoms with E-state index in [4.69, 9.17) is 27.9 Å². The molecular formula is C30H20Cl2F2N2O3. The molecule has 0 heterocycles. The minimum Gasteiger partial charge on any atom is -0.457 e. The summed E-state index contributed by atoms with van der Waals surface area (Å²) in [5, 5.41) is 5.76. The highest BCUT2D eigenvalue weighted by molar-refractivity contribution is 6.32. The van der Waals surface area contributed by atoms with Crippen LogP contribution >= 0.6 is 23.2 Å². The van der Waals surface area contributed by atoms with E-state index in [0.29, 0.717) is 22.9 Å². The van der Waals surface area contributed by atoms with Crippen molar-refractivity contribution < 1.29 is 23.1 Å². The minimum absolute atomic E-state index is 0.132. The summed E-state index contributed by atoms with van der Waals surface area (Å²) in [7, 11) is 0. The van der Waals surface area contributed by atoms with Gasteiger partial charge < -0.3 is 15.4 Å². The van der Waals surface area contributed by atoms with Gasteiger partial charge in [0, 0.05) is 34.7 Å². The number of carbonyl (C=O) groups excluding carboxylic acids is 2. The van der Waals surface area contributed by atoms with Crippen molar-refractivity contribution in [2.24, 2.45) is 0 Å². The van der Waals surface area contributed by atoms with E-state index < -0.39 is 23.4 Å². The molecule has 0 bridgehead atoms. The van der Waals surface area contributed by atoms with E-state index in [1.54, 1.807) is 48.5 Å². The fraction of sp³-hybridized carbons (Fsp3) is 0. The Hall–Kier alpha value is -4.46. The van der Waals surface area contributed by atoms with E-state index >= 15 is 0 Å². The van der Waals surface area contributed by atoms with Gasteiger partial charge in [0.05, 0.1) is 10.0 Å². The zero-order valence-corrected chi connectivity index (χ0v) is 21.6. The van der Waals surface area contributed by atoms with E-state index in [1.165, 1.54) is 60.7 Å². The van der Waals surface area contributed by atoms with Gasteiger partial charge in [-0.05, 0) is 84.9 Å². The van der Waals surface area contributed by atoms with Crippen LogP contribution in [0.15, 0.2) is 97.1 Å². The third kappa shape index (κ3) is 7.77. The Morgan fingerprint density at radius 2 is 1.00 bits per heavy atom. The fourth-order valence-electron chi connectivity index (χ4n) is 3.37. The Balaban J connectivity index is 1.29. The van der Waals surface area contributed by atoms with Gasteiger partial charge in [-0.3, -0.25) is 9.59 Å². The van der Waals surface area contributed by atoms with Gasteiger partial charge in [-0.15, -0.1) is 0 Å². The van der Waals surface area contributed by atoms with Gasteiger partial charge in [0.1, 0.15) is 23.1 Å². The molecule has 2 amide bonds.